The quantitative estimate of drug-likeness (QED) is 0.668. The van der Waals surface area contributed by atoms with Gasteiger partial charge in [0.1, 0.15) is 0 Å². The summed E-state index contributed by atoms with van der Waals surface area (Å²) in [5.74, 6) is 0.867. The van der Waals surface area contributed by atoms with Gasteiger partial charge in [0.05, 0.1) is 0 Å². The molecule has 1 aliphatic rings. The lowest BCUT2D eigenvalue weighted by atomic mass is 9.90. The summed E-state index contributed by atoms with van der Waals surface area (Å²) in [5.41, 5.74) is 5.95. The molecule has 1 saturated heterocycles. The van der Waals surface area contributed by atoms with E-state index in [-0.39, 0.29) is 0 Å². The molecule has 2 heteroatoms. The van der Waals surface area contributed by atoms with Crippen molar-refractivity contribution in [1.29, 1.82) is 0 Å². The van der Waals surface area contributed by atoms with E-state index in [1.165, 1.54) is 57.9 Å². The van der Waals surface area contributed by atoms with Crippen LogP contribution in [0, 0.1) is 5.92 Å². The van der Waals surface area contributed by atoms with Gasteiger partial charge in [0, 0.05) is 18.6 Å². The fourth-order valence-corrected chi connectivity index (χ4v) is 3.29. The van der Waals surface area contributed by atoms with Crippen LogP contribution in [-0.2, 0) is 0 Å². The van der Waals surface area contributed by atoms with Gasteiger partial charge >= 0.3 is 0 Å². The zero-order valence-corrected chi connectivity index (χ0v) is 12.8. The van der Waals surface area contributed by atoms with Crippen LogP contribution in [0.3, 0.4) is 0 Å². The summed E-state index contributed by atoms with van der Waals surface area (Å²) < 4.78 is 0. The molecule has 1 heterocycles. The van der Waals surface area contributed by atoms with Gasteiger partial charge < -0.3 is 5.73 Å². The largest absolute Gasteiger partial charge is 0.329 e. The second-order valence-electron chi connectivity index (χ2n) is 6.31. The number of rotatable bonds is 8. The Balaban J connectivity index is 2.24. The molecule has 0 saturated carbocycles. The van der Waals surface area contributed by atoms with Crippen molar-refractivity contribution in [3.63, 3.8) is 0 Å². The number of nitrogens with two attached hydrogens (primary N) is 1. The highest BCUT2D eigenvalue weighted by Crippen LogP contribution is 2.25. The first kappa shape index (κ1) is 16.0. The number of hydrogen-bond acceptors (Lipinski definition) is 2. The molecule has 18 heavy (non-hydrogen) atoms. The zero-order chi connectivity index (χ0) is 13.4. The molecule has 0 aromatic rings. The molecule has 3 unspecified atom stereocenters. The van der Waals surface area contributed by atoms with Crippen molar-refractivity contribution in [2.75, 3.05) is 13.1 Å². The standard InChI is InChI=1S/C16H34N2/c1-4-5-6-7-8-9-15(3)18-11-10-14(2)12-16(18)13-17/h14-16H,4-13,17H2,1-3H3. The SMILES string of the molecule is CCCCCCCC(C)N1CCC(C)CC1CN. The summed E-state index contributed by atoms with van der Waals surface area (Å²) >= 11 is 0. The maximum atomic E-state index is 5.95. The summed E-state index contributed by atoms with van der Waals surface area (Å²) in [6, 6.07) is 1.37. The van der Waals surface area contributed by atoms with Crippen LogP contribution in [0.15, 0.2) is 0 Å². The zero-order valence-electron chi connectivity index (χ0n) is 12.8. The molecule has 0 amide bonds. The van der Waals surface area contributed by atoms with E-state index in [9.17, 15) is 0 Å². The maximum absolute atomic E-state index is 5.95. The molecule has 1 aliphatic heterocycles. The number of hydrogen-bond donors (Lipinski definition) is 1. The first-order valence-electron chi connectivity index (χ1n) is 8.14. The fourth-order valence-electron chi connectivity index (χ4n) is 3.29. The average Bonchev–Trinajstić information content (AvgIpc) is 2.38. The van der Waals surface area contributed by atoms with E-state index in [0.29, 0.717) is 6.04 Å². The van der Waals surface area contributed by atoms with Crippen LogP contribution >= 0.6 is 0 Å². The Hall–Kier alpha value is -0.0800. The van der Waals surface area contributed by atoms with Crippen molar-refractivity contribution >= 4 is 0 Å². The third-order valence-corrected chi connectivity index (χ3v) is 4.59. The molecule has 1 rings (SSSR count). The van der Waals surface area contributed by atoms with Crippen molar-refractivity contribution in [2.24, 2.45) is 11.7 Å². The number of likely N-dealkylation sites (tertiary alicyclic amines) is 1. The van der Waals surface area contributed by atoms with Gasteiger partial charge in [-0.2, -0.15) is 0 Å². The summed E-state index contributed by atoms with van der Waals surface area (Å²) in [4.78, 5) is 2.68. The lowest BCUT2D eigenvalue weighted by Gasteiger charge is -2.41. The van der Waals surface area contributed by atoms with Gasteiger partial charge in [-0.15, -0.1) is 0 Å². The first-order chi connectivity index (χ1) is 8.69. The third-order valence-electron chi connectivity index (χ3n) is 4.59. The van der Waals surface area contributed by atoms with Gasteiger partial charge in [-0.05, 0) is 38.6 Å². The molecule has 0 aliphatic carbocycles. The van der Waals surface area contributed by atoms with E-state index in [4.69, 9.17) is 5.73 Å². The van der Waals surface area contributed by atoms with Crippen LogP contribution in [0.5, 0.6) is 0 Å². The molecule has 1 fully saturated rings. The highest BCUT2D eigenvalue weighted by atomic mass is 15.2. The predicted molar refractivity (Wildman–Crippen MR) is 80.8 cm³/mol. The van der Waals surface area contributed by atoms with E-state index < -0.39 is 0 Å². The minimum Gasteiger partial charge on any atom is -0.329 e. The van der Waals surface area contributed by atoms with Gasteiger partial charge in [-0.1, -0.05) is 46.0 Å². The monoisotopic (exact) mass is 254 g/mol. The van der Waals surface area contributed by atoms with Crippen molar-refractivity contribution in [1.82, 2.24) is 4.90 Å². The van der Waals surface area contributed by atoms with E-state index in [2.05, 4.69) is 25.7 Å². The van der Waals surface area contributed by atoms with Crippen LogP contribution in [0.25, 0.3) is 0 Å². The number of nitrogens with zero attached hydrogens (tertiary/aromatic N) is 1. The highest BCUT2D eigenvalue weighted by molar-refractivity contribution is 4.84. The molecule has 0 bridgehead atoms. The Morgan fingerprint density at radius 1 is 1.22 bits per heavy atom. The summed E-state index contributed by atoms with van der Waals surface area (Å²) in [5, 5.41) is 0. The Bertz CT molecular complexity index is 205. The molecule has 108 valence electrons. The van der Waals surface area contributed by atoms with Crippen LogP contribution in [0.4, 0.5) is 0 Å². The van der Waals surface area contributed by atoms with Crippen molar-refractivity contribution in [2.45, 2.75) is 84.2 Å². The van der Waals surface area contributed by atoms with Gasteiger partial charge in [0.2, 0.25) is 0 Å². The summed E-state index contributed by atoms with van der Waals surface area (Å²) in [6.45, 7) is 9.15. The normalized spacial score (nSPS) is 27.3. The van der Waals surface area contributed by atoms with Crippen LogP contribution in [0.2, 0.25) is 0 Å². The molecule has 0 spiro atoms. The summed E-state index contributed by atoms with van der Waals surface area (Å²) in [6.07, 6.45) is 11.0. The van der Waals surface area contributed by atoms with Gasteiger partial charge in [-0.3, -0.25) is 4.90 Å². The average molecular weight is 254 g/mol. The molecule has 3 atom stereocenters. The van der Waals surface area contributed by atoms with E-state index in [1.807, 2.05) is 0 Å². The highest BCUT2D eigenvalue weighted by Gasteiger charge is 2.28. The van der Waals surface area contributed by atoms with Gasteiger partial charge in [0.25, 0.3) is 0 Å². The van der Waals surface area contributed by atoms with Crippen molar-refractivity contribution < 1.29 is 0 Å². The molecule has 0 radical (unpaired) electrons. The molecule has 2 N–H and O–H groups in total. The number of unbranched alkanes of at least 4 members (excludes halogenated alkanes) is 4. The third kappa shape index (κ3) is 5.27. The van der Waals surface area contributed by atoms with Crippen LogP contribution < -0.4 is 5.73 Å². The van der Waals surface area contributed by atoms with Crippen LogP contribution in [-0.4, -0.2) is 30.1 Å². The summed E-state index contributed by atoms with van der Waals surface area (Å²) in [7, 11) is 0. The minimum absolute atomic E-state index is 0.638. The van der Waals surface area contributed by atoms with E-state index >= 15 is 0 Å². The van der Waals surface area contributed by atoms with Gasteiger partial charge in [-0.25, -0.2) is 0 Å². The van der Waals surface area contributed by atoms with E-state index in [1.54, 1.807) is 0 Å². The lowest BCUT2D eigenvalue weighted by molar-refractivity contribution is 0.0783. The topological polar surface area (TPSA) is 29.3 Å². The Morgan fingerprint density at radius 2 is 1.94 bits per heavy atom. The molecule has 0 aromatic carbocycles. The Labute approximate surface area is 114 Å². The van der Waals surface area contributed by atoms with Gasteiger partial charge in [0.15, 0.2) is 0 Å². The smallest absolute Gasteiger partial charge is 0.0223 e. The first-order valence-corrected chi connectivity index (χ1v) is 8.14. The van der Waals surface area contributed by atoms with Crippen molar-refractivity contribution in [3.05, 3.63) is 0 Å². The Morgan fingerprint density at radius 3 is 2.61 bits per heavy atom. The molecular weight excluding hydrogens is 220 g/mol. The van der Waals surface area contributed by atoms with Crippen molar-refractivity contribution in [3.8, 4) is 0 Å². The number of piperidine rings is 1. The molecule has 0 aromatic heterocycles. The fraction of sp³-hybridized carbons (Fsp3) is 1.00. The second kappa shape index (κ2) is 8.92. The van der Waals surface area contributed by atoms with Crippen LogP contribution in [0.1, 0.15) is 72.1 Å². The predicted octanol–water partition coefficient (Wildman–Crippen LogP) is 3.79. The molecule has 2 nitrogen and oxygen atoms in total. The lowest BCUT2D eigenvalue weighted by Crippen LogP contribution is -2.50. The maximum Gasteiger partial charge on any atom is 0.0223 e. The minimum atomic E-state index is 0.638. The van der Waals surface area contributed by atoms with E-state index in [0.717, 1.165) is 18.5 Å². The Kier molecular flexibility index (Phi) is 7.92. The molecular formula is C16H34N2. The second-order valence-corrected chi connectivity index (χ2v) is 6.31.